The molecule has 1 saturated heterocycles. The first-order valence-corrected chi connectivity index (χ1v) is 8.08. The Bertz CT molecular complexity index is 499. The Balaban J connectivity index is 1.96. The number of phenols is 1. The topological polar surface area (TPSA) is 44.7 Å². The summed E-state index contributed by atoms with van der Waals surface area (Å²) in [7, 11) is 1.65. The van der Waals surface area contributed by atoms with Crippen molar-refractivity contribution in [1.82, 2.24) is 10.2 Å². The van der Waals surface area contributed by atoms with Crippen molar-refractivity contribution in [3.8, 4) is 11.5 Å². The smallest absolute Gasteiger partial charge is 0.142 e. The molecule has 1 aliphatic carbocycles. The molecule has 1 aromatic carbocycles. The molecule has 1 heterocycles. The van der Waals surface area contributed by atoms with Crippen LogP contribution in [0.1, 0.15) is 30.9 Å². The molecule has 4 nitrogen and oxygen atoms in total. The van der Waals surface area contributed by atoms with E-state index in [9.17, 15) is 5.11 Å². The highest BCUT2D eigenvalue weighted by molar-refractivity contribution is 6.32. The summed E-state index contributed by atoms with van der Waals surface area (Å²) in [6, 6.07) is 3.75. The highest BCUT2D eigenvalue weighted by Crippen LogP contribution is 2.47. The van der Waals surface area contributed by atoms with Crippen LogP contribution in [0.3, 0.4) is 0 Å². The van der Waals surface area contributed by atoms with E-state index in [0.29, 0.717) is 5.02 Å². The molecular formula is C16H23ClN2O2. The summed E-state index contributed by atoms with van der Waals surface area (Å²) in [6.45, 7) is 3.97. The molecule has 0 aromatic heterocycles. The minimum Gasteiger partial charge on any atom is -0.506 e. The van der Waals surface area contributed by atoms with Gasteiger partial charge >= 0.3 is 0 Å². The summed E-state index contributed by atoms with van der Waals surface area (Å²) in [5.74, 6) is 1.69. The second-order valence-electron chi connectivity index (χ2n) is 5.99. The van der Waals surface area contributed by atoms with Crippen molar-refractivity contribution in [2.45, 2.75) is 25.3 Å². The highest BCUT2D eigenvalue weighted by atomic mass is 35.5. The minimum atomic E-state index is 0.181. The molecule has 1 aliphatic heterocycles. The molecule has 1 saturated carbocycles. The summed E-state index contributed by atoms with van der Waals surface area (Å²) < 4.78 is 5.49. The van der Waals surface area contributed by atoms with E-state index in [2.05, 4.69) is 10.2 Å². The number of halogens is 1. The molecule has 2 N–H and O–H groups in total. The van der Waals surface area contributed by atoms with Crippen LogP contribution in [0.5, 0.6) is 11.5 Å². The van der Waals surface area contributed by atoms with Gasteiger partial charge in [0.15, 0.2) is 0 Å². The molecule has 1 atom stereocenters. The highest BCUT2D eigenvalue weighted by Gasteiger charge is 2.34. The maximum absolute atomic E-state index is 10.5. The van der Waals surface area contributed by atoms with Gasteiger partial charge in [0.1, 0.15) is 11.5 Å². The number of methoxy groups -OCH3 is 1. The molecule has 21 heavy (non-hydrogen) atoms. The Kier molecular flexibility index (Phi) is 4.57. The monoisotopic (exact) mass is 310 g/mol. The molecule has 0 bridgehead atoms. The zero-order valence-corrected chi connectivity index (χ0v) is 13.2. The number of benzene rings is 1. The van der Waals surface area contributed by atoms with Gasteiger partial charge in [0.25, 0.3) is 0 Å². The van der Waals surface area contributed by atoms with Crippen LogP contribution < -0.4 is 10.1 Å². The van der Waals surface area contributed by atoms with E-state index in [-0.39, 0.29) is 11.8 Å². The van der Waals surface area contributed by atoms with E-state index in [1.54, 1.807) is 13.2 Å². The number of ether oxygens (including phenoxy) is 1. The van der Waals surface area contributed by atoms with E-state index in [4.69, 9.17) is 16.3 Å². The van der Waals surface area contributed by atoms with Crippen molar-refractivity contribution in [1.29, 1.82) is 0 Å². The van der Waals surface area contributed by atoms with Crippen molar-refractivity contribution < 1.29 is 9.84 Å². The quantitative estimate of drug-likeness (QED) is 0.878. The molecular weight excluding hydrogens is 288 g/mol. The first-order chi connectivity index (χ1) is 10.2. The molecule has 0 radical (unpaired) electrons. The average Bonchev–Trinajstić information content (AvgIpc) is 3.33. The van der Waals surface area contributed by atoms with Gasteiger partial charge in [-0.1, -0.05) is 24.4 Å². The van der Waals surface area contributed by atoms with E-state index in [1.165, 1.54) is 12.8 Å². The number of nitrogens with zero attached hydrogens (tertiary/aromatic N) is 1. The van der Waals surface area contributed by atoms with E-state index in [1.807, 2.05) is 6.07 Å². The largest absolute Gasteiger partial charge is 0.506 e. The van der Waals surface area contributed by atoms with Crippen LogP contribution in [0.2, 0.25) is 5.02 Å². The lowest BCUT2D eigenvalue weighted by Gasteiger charge is -2.36. The van der Waals surface area contributed by atoms with E-state index in [0.717, 1.165) is 49.8 Å². The zero-order valence-electron chi connectivity index (χ0n) is 12.4. The van der Waals surface area contributed by atoms with Crippen LogP contribution in [0.25, 0.3) is 0 Å². The second kappa shape index (κ2) is 6.42. The molecule has 116 valence electrons. The first-order valence-electron chi connectivity index (χ1n) is 7.71. The number of piperazine rings is 1. The molecule has 1 aromatic rings. The van der Waals surface area contributed by atoms with Gasteiger partial charge in [-0.2, -0.15) is 0 Å². The van der Waals surface area contributed by atoms with Gasteiger partial charge < -0.3 is 15.2 Å². The Morgan fingerprint density at radius 2 is 2.10 bits per heavy atom. The van der Waals surface area contributed by atoms with Crippen LogP contribution in [-0.2, 0) is 0 Å². The summed E-state index contributed by atoms with van der Waals surface area (Å²) >= 11 is 6.14. The molecule has 0 unspecified atom stereocenters. The molecule has 3 rings (SSSR count). The van der Waals surface area contributed by atoms with Gasteiger partial charge in [-0.15, -0.1) is 0 Å². The van der Waals surface area contributed by atoms with Crippen molar-refractivity contribution >= 4 is 11.6 Å². The minimum absolute atomic E-state index is 0.181. The second-order valence-corrected chi connectivity index (χ2v) is 6.40. The van der Waals surface area contributed by atoms with Gasteiger partial charge in [-0.25, -0.2) is 0 Å². The lowest BCUT2D eigenvalue weighted by molar-refractivity contribution is 0.155. The maximum Gasteiger partial charge on any atom is 0.142 e. The van der Waals surface area contributed by atoms with Crippen LogP contribution in [0.15, 0.2) is 12.1 Å². The number of nitrogens with one attached hydrogen (secondary N) is 1. The lowest BCUT2D eigenvalue weighted by atomic mass is 9.96. The van der Waals surface area contributed by atoms with Gasteiger partial charge in [-0.05, 0) is 24.5 Å². The van der Waals surface area contributed by atoms with Crippen molar-refractivity contribution in [2.24, 2.45) is 5.92 Å². The fraction of sp³-hybridized carbons (Fsp3) is 0.625. The summed E-state index contributed by atoms with van der Waals surface area (Å²) in [4.78, 5) is 2.45. The number of rotatable bonds is 5. The average molecular weight is 311 g/mol. The Morgan fingerprint density at radius 3 is 2.71 bits per heavy atom. The third kappa shape index (κ3) is 3.28. The third-order valence-electron chi connectivity index (χ3n) is 4.53. The van der Waals surface area contributed by atoms with Gasteiger partial charge in [0.2, 0.25) is 0 Å². The van der Waals surface area contributed by atoms with Crippen molar-refractivity contribution in [3.63, 3.8) is 0 Å². The maximum atomic E-state index is 10.5. The predicted octanol–water partition coefficient (Wildman–Crippen LogP) is 2.80. The molecule has 5 heteroatoms. The number of aromatic hydroxyl groups is 1. The predicted molar refractivity (Wildman–Crippen MR) is 84.2 cm³/mol. The summed E-state index contributed by atoms with van der Waals surface area (Å²) in [5, 5.41) is 14.3. The summed E-state index contributed by atoms with van der Waals surface area (Å²) in [6.07, 6.45) is 3.67. The van der Waals surface area contributed by atoms with Crippen molar-refractivity contribution in [3.05, 3.63) is 22.7 Å². The van der Waals surface area contributed by atoms with Crippen molar-refractivity contribution in [2.75, 3.05) is 33.3 Å². The fourth-order valence-electron chi connectivity index (χ4n) is 3.18. The van der Waals surface area contributed by atoms with Gasteiger partial charge in [-0.3, -0.25) is 4.90 Å². The van der Waals surface area contributed by atoms with Crippen LogP contribution >= 0.6 is 11.6 Å². The molecule has 0 amide bonds. The third-order valence-corrected chi connectivity index (χ3v) is 4.83. The standard InChI is InChI=1S/C16H23ClN2O2/c1-21-14-5-4-12(17)16(20)15(14)13(10-11-2-3-11)19-8-6-18-7-9-19/h4-5,11,13,18,20H,2-3,6-10H2,1H3/t13-/m0/s1. The fourth-order valence-corrected chi connectivity index (χ4v) is 3.34. The molecule has 2 aliphatic rings. The van der Waals surface area contributed by atoms with Crippen LogP contribution in [0.4, 0.5) is 0 Å². The van der Waals surface area contributed by atoms with Gasteiger partial charge in [0, 0.05) is 32.2 Å². The summed E-state index contributed by atoms with van der Waals surface area (Å²) in [5.41, 5.74) is 0.860. The Labute approximate surface area is 131 Å². The SMILES string of the molecule is COc1ccc(Cl)c(O)c1[C@H](CC1CC1)N1CCNCC1. The lowest BCUT2D eigenvalue weighted by Crippen LogP contribution is -2.45. The number of phenolic OH excluding ortho intramolecular Hbond substituents is 1. The molecule has 0 spiro atoms. The number of hydrogen-bond donors (Lipinski definition) is 2. The first kappa shape index (κ1) is 14.9. The van der Waals surface area contributed by atoms with Crippen LogP contribution in [-0.4, -0.2) is 43.3 Å². The number of hydrogen-bond acceptors (Lipinski definition) is 4. The normalized spacial score (nSPS) is 21.2. The zero-order chi connectivity index (χ0) is 14.8. The molecule has 2 fully saturated rings. The van der Waals surface area contributed by atoms with E-state index >= 15 is 0 Å². The van der Waals surface area contributed by atoms with E-state index < -0.39 is 0 Å². The van der Waals surface area contributed by atoms with Gasteiger partial charge in [0.05, 0.1) is 17.7 Å². The van der Waals surface area contributed by atoms with Crippen LogP contribution in [0, 0.1) is 5.92 Å². The Morgan fingerprint density at radius 1 is 1.38 bits per heavy atom. The Hall–Kier alpha value is -0.970.